The highest BCUT2D eigenvalue weighted by molar-refractivity contribution is 6.42. The third-order valence-corrected chi connectivity index (χ3v) is 4.27. The number of benzene rings is 2. The third-order valence-electron chi connectivity index (χ3n) is 3.41. The molecule has 0 aliphatic carbocycles. The standard InChI is InChI=1S/C18H16Cl2FNO2/c1-22(11-13-4-3-5-14(19)18(13)20)17(23)9-7-12-6-8-16(24-2)15(21)10-12/h3-10H,11H2,1-2H3/b9-7+. The van der Waals surface area contributed by atoms with Crippen molar-refractivity contribution in [2.75, 3.05) is 14.2 Å². The number of carbonyl (C=O) groups is 1. The predicted molar refractivity (Wildman–Crippen MR) is 94.9 cm³/mol. The van der Waals surface area contributed by atoms with Crippen molar-refractivity contribution in [1.82, 2.24) is 4.90 Å². The Morgan fingerprint density at radius 3 is 2.71 bits per heavy atom. The van der Waals surface area contributed by atoms with Crippen LogP contribution in [0.4, 0.5) is 4.39 Å². The molecule has 0 aliphatic rings. The Kier molecular flexibility index (Phi) is 6.23. The van der Waals surface area contributed by atoms with Crippen LogP contribution in [0.5, 0.6) is 5.75 Å². The minimum absolute atomic E-state index is 0.159. The molecule has 0 saturated heterocycles. The number of nitrogens with zero attached hydrogens (tertiary/aromatic N) is 1. The summed E-state index contributed by atoms with van der Waals surface area (Å²) in [6, 6.07) is 9.75. The SMILES string of the molecule is COc1ccc(/C=C/C(=O)N(C)Cc2cccc(Cl)c2Cl)cc1F. The molecule has 0 bridgehead atoms. The maximum Gasteiger partial charge on any atom is 0.246 e. The van der Waals surface area contributed by atoms with E-state index in [0.29, 0.717) is 22.2 Å². The highest BCUT2D eigenvalue weighted by atomic mass is 35.5. The van der Waals surface area contributed by atoms with Crippen molar-refractivity contribution in [2.45, 2.75) is 6.54 Å². The number of methoxy groups -OCH3 is 1. The van der Waals surface area contributed by atoms with Gasteiger partial charge in [-0.1, -0.05) is 41.4 Å². The number of halogens is 3. The van der Waals surface area contributed by atoms with Crippen LogP contribution in [0.3, 0.4) is 0 Å². The fourth-order valence-corrected chi connectivity index (χ4v) is 2.46. The number of hydrogen-bond acceptors (Lipinski definition) is 2. The Labute approximate surface area is 150 Å². The first-order valence-electron chi connectivity index (χ1n) is 7.12. The van der Waals surface area contributed by atoms with Crippen LogP contribution in [-0.4, -0.2) is 25.0 Å². The molecule has 0 saturated carbocycles. The van der Waals surface area contributed by atoms with Gasteiger partial charge in [-0.15, -0.1) is 0 Å². The summed E-state index contributed by atoms with van der Waals surface area (Å²) in [6.07, 6.45) is 2.92. The minimum atomic E-state index is -0.480. The zero-order valence-electron chi connectivity index (χ0n) is 13.2. The molecule has 0 aliphatic heterocycles. The molecule has 0 unspecified atom stereocenters. The summed E-state index contributed by atoms with van der Waals surface area (Å²) in [5, 5.41) is 0.874. The van der Waals surface area contributed by atoms with Gasteiger partial charge >= 0.3 is 0 Å². The van der Waals surface area contributed by atoms with Gasteiger partial charge in [0.15, 0.2) is 11.6 Å². The van der Waals surface area contributed by atoms with Crippen LogP contribution >= 0.6 is 23.2 Å². The molecule has 0 heterocycles. The second-order valence-electron chi connectivity index (χ2n) is 5.13. The van der Waals surface area contributed by atoms with Crippen molar-refractivity contribution in [2.24, 2.45) is 0 Å². The van der Waals surface area contributed by atoms with E-state index in [1.165, 1.54) is 30.2 Å². The van der Waals surface area contributed by atoms with Crippen LogP contribution < -0.4 is 4.74 Å². The summed E-state index contributed by atoms with van der Waals surface area (Å²) in [5.41, 5.74) is 1.32. The highest BCUT2D eigenvalue weighted by Gasteiger charge is 2.10. The first-order chi connectivity index (χ1) is 11.4. The van der Waals surface area contributed by atoms with Crippen molar-refractivity contribution >= 4 is 35.2 Å². The lowest BCUT2D eigenvalue weighted by Crippen LogP contribution is -2.24. The number of likely N-dealkylation sites (N-methyl/N-ethyl adjacent to an activating group) is 1. The molecular formula is C18H16Cl2FNO2. The maximum absolute atomic E-state index is 13.6. The molecule has 0 spiro atoms. The van der Waals surface area contributed by atoms with Crippen molar-refractivity contribution < 1.29 is 13.9 Å². The average Bonchev–Trinajstić information content (AvgIpc) is 2.56. The van der Waals surface area contributed by atoms with E-state index >= 15 is 0 Å². The molecule has 0 N–H and O–H groups in total. The average molecular weight is 368 g/mol. The van der Waals surface area contributed by atoms with Crippen LogP contribution in [0.1, 0.15) is 11.1 Å². The number of ether oxygens (including phenoxy) is 1. The van der Waals surface area contributed by atoms with Crippen molar-refractivity contribution in [1.29, 1.82) is 0 Å². The molecule has 6 heteroatoms. The Hall–Kier alpha value is -2.04. The second-order valence-corrected chi connectivity index (χ2v) is 5.92. The van der Waals surface area contributed by atoms with Gasteiger partial charge in [-0.2, -0.15) is 0 Å². The fourth-order valence-electron chi connectivity index (χ4n) is 2.09. The van der Waals surface area contributed by atoms with Crippen LogP contribution in [0, 0.1) is 5.82 Å². The fraction of sp³-hybridized carbons (Fsp3) is 0.167. The molecule has 2 rings (SSSR count). The second kappa shape index (κ2) is 8.18. The zero-order valence-corrected chi connectivity index (χ0v) is 14.7. The lowest BCUT2D eigenvalue weighted by molar-refractivity contribution is -0.125. The molecule has 0 radical (unpaired) electrons. The minimum Gasteiger partial charge on any atom is -0.494 e. The number of amides is 1. The topological polar surface area (TPSA) is 29.5 Å². The quantitative estimate of drug-likeness (QED) is 0.709. The Morgan fingerprint density at radius 2 is 2.04 bits per heavy atom. The van der Waals surface area contributed by atoms with Gasteiger partial charge in [-0.25, -0.2) is 4.39 Å². The maximum atomic E-state index is 13.6. The zero-order chi connectivity index (χ0) is 17.7. The number of rotatable bonds is 5. The largest absolute Gasteiger partial charge is 0.494 e. The van der Waals surface area contributed by atoms with Crippen LogP contribution in [-0.2, 0) is 11.3 Å². The lowest BCUT2D eigenvalue weighted by Gasteiger charge is -2.16. The highest BCUT2D eigenvalue weighted by Crippen LogP contribution is 2.26. The summed E-state index contributed by atoms with van der Waals surface area (Å²) in [4.78, 5) is 13.7. The third kappa shape index (κ3) is 4.49. The lowest BCUT2D eigenvalue weighted by atomic mass is 10.2. The summed E-state index contributed by atoms with van der Waals surface area (Å²) in [6.45, 7) is 0.319. The van der Waals surface area contributed by atoms with E-state index in [1.54, 1.807) is 37.4 Å². The van der Waals surface area contributed by atoms with E-state index in [-0.39, 0.29) is 11.7 Å². The van der Waals surface area contributed by atoms with Crippen molar-refractivity contribution in [3.8, 4) is 5.75 Å². The monoisotopic (exact) mass is 367 g/mol. The molecular weight excluding hydrogens is 352 g/mol. The normalized spacial score (nSPS) is 10.9. The molecule has 2 aromatic rings. The van der Waals surface area contributed by atoms with Crippen LogP contribution in [0.25, 0.3) is 6.08 Å². The van der Waals surface area contributed by atoms with Crippen molar-refractivity contribution in [3.05, 3.63) is 69.5 Å². The van der Waals surface area contributed by atoms with Gasteiger partial charge < -0.3 is 9.64 Å². The molecule has 0 aromatic heterocycles. The van der Waals surface area contributed by atoms with E-state index in [9.17, 15) is 9.18 Å². The molecule has 0 atom stereocenters. The summed E-state index contributed by atoms with van der Waals surface area (Å²) in [7, 11) is 3.05. The van der Waals surface area contributed by atoms with Crippen LogP contribution in [0.15, 0.2) is 42.5 Å². The smallest absolute Gasteiger partial charge is 0.246 e. The van der Waals surface area contributed by atoms with Crippen LogP contribution in [0.2, 0.25) is 10.0 Å². The van der Waals surface area contributed by atoms with Gasteiger partial charge in [0.25, 0.3) is 0 Å². The van der Waals surface area contributed by atoms with Gasteiger partial charge in [0, 0.05) is 19.7 Å². The molecule has 3 nitrogen and oxygen atoms in total. The van der Waals surface area contributed by atoms with E-state index in [4.69, 9.17) is 27.9 Å². The predicted octanol–water partition coefficient (Wildman–Crippen LogP) is 4.81. The van der Waals surface area contributed by atoms with Gasteiger partial charge in [-0.3, -0.25) is 4.79 Å². The molecule has 1 amide bonds. The Morgan fingerprint density at radius 1 is 1.29 bits per heavy atom. The van der Waals surface area contributed by atoms with Gasteiger partial charge in [0.1, 0.15) is 0 Å². The summed E-state index contributed by atoms with van der Waals surface area (Å²) >= 11 is 12.1. The van der Waals surface area contributed by atoms with Gasteiger partial charge in [0.2, 0.25) is 5.91 Å². The van der Waals surface area contributed by atoms with E-state index in [2.05, 4.69) is 0 Å². The van der Waals surface area contributed by atoms with E-state index in [0.717, 1.165) is 5.56 Å². The number of hydrogen-bond donors (Lipinski definition) is 0. The van der Waals surface area contributed by atoms with Crippen molar-refractivity contribution in [3.63, 3.8) is 0 Å². The summed E-state index contributed by atoms with van der Waals surface area (Å²) in [5.74, 6) is -0.556. The Bertz CT molecular complexity index is 778. The summed E-state index contributed by atoms with van der Waals surface area (Å²) < 4.78 is 18.5. The molecule has 24 heavy (non-hydrogen) atoms. The van der Waals surface area contributed by atoms with Gasteiger partial charge in [0.05, 0.1) is 17.2 Å². The molecule has 126 valence electrons. The van der Waals surface area contributed by atoms with Gasteiger partial charge in [-0.05, 0) is 35.4 Å². The Balaban J connectivity index is 2.05. The first-order valence-corrected chi connectivity index (χ1v) is 7.87. The first kappa shape index (κ1) is 18.3. The van der Waals surface area contributed by atoms with E-state index < -0.39 is 5.82 Å². The molecule has 2 aromatic carbocycles. The van der Waals surface area contributed by atoms with E-state index in [1.807, 2.05) is 0 Å². The molecule has 0 fully saturated rings. The number of carbonyl (C=O) groups excluding carboxylic acids is 1.